The van der Waals surface area contributed by atoms with E-state index in [1.54, 1.807) is 24.3 Å². The number of para-hydroxylation sites is 1. The number of benzene rings is 2. The van der Waals surface area contributed by atoms with Crippen molar-refractivity contribution in [2.24, 2.45) is 0 Å². The Morgan fingerprint density at radius 2 is 1.68 bits per heavy atom. The second-order valence-electron chi connectivity index (χ2n) is 6.35. The van der Waals surface area contributed by atoms with Gasteiger partial charge in [-0.3, -0.25) is 9.59 Å². The molecule has 0 aliphatic carbocycles. The van der Waals surface area contributed by atoms with Crippen molar-refractivity contribution in [3.63, 3.8) is 0 Å². The van der Waals surface area contributed by atoms with E-state index < -0.39 is 27.7 Å². The topological polar surface area (TPSA) is 102 Å². The highest BCUT2D eigenvalue weighted by Gasteiger charge is 2.24. The number of sulfone groups is 1. The van der Waals surface area contributed by atoms with Crippen LogP contribution in [0.2, 0.25) is 0 Å². The SMILES string of the molecule is COc1ccccc1C(=O)N[C@@H](CCS(C)(=O)=O)C(=O)NCc1ccccc1. The molecule has 0 bridgehead atoms. The Kier molecular flexibility index (Phi) is 7.57. The van der Waals surface area contributed by atoms with Gasteiger partial charge in [0.05, 0.1) is 18.4 Å². The Hall–Kier alpha value is -2.87. The lowest BCUT2D eigenvalue weighted by molar-refractivity contribution is -0.123. The van der Waals surface area contributed by atoms with E-state index in [0.29, 0.717) is 5.75 Å². The van der Waals surface area contributed by atoms with E-state index in [1.807, 2.05) is 30.3 Å². The molecule has 7 nitrogen and oxygen atoms in total. The molecule has 2 aromatic carbocycles. The van der Waals surface area contributed by atoms with Crippen molar-refractivity contribution in [3.8, 4) is 5.75 Å². The number of nitrogens with one attached hydrogen (secondary N) is 2. The molecule has 2 N–H and O–H groups in total. The fourth-order valence-electron chi connectivity index (χ4n) is 2.58. The zero-order valence-corrected chi connectivity index (χ0v) is 16.7. The van der Waals surface area contributed by atoms with Crippen LogP contribution in [0.4, 0.5) is 0 Å². The molecular formula is C20H24N2O5S. The molecule has 0 saturated carbocycles. The van der Waals surface area contributed by atoms with Crippen molar-refractivity contribution in [3.05, 3.63) is 65.7 Å². The van der Waals surface area contributed by atoms with Gasteiger partial charge < -0.3 is 15.4 Å². The predicted molar refractivity (Wildman–Crippen MR) is 107 cm³/mol. The van der Waals surface area contributed by atoms with Crippen LogP contribution in [0.1, 0.15) is 22.3 Å². The van der Waals surface area contributed by atoms with Crippen LogP contribution in [-0.4, -0.2) is 45.4 Å². The smallest absolute Gasteiger partial charge is 0.255 e. The third-order valence-corrected chi connectivity index (χ3v) is 5.04. The molecule has 2 rings (SSSR count). The van der Waals surface area contributed by atoms with Crippen LogP contribution in [0.3, 0.4) is 0 Å². The van der Waals surface area contributed by atoms with Gasteiger partial charge in [0.15, 0.2) is 0 Å². The molecule has 0 radical (unpaired) electrons. The average molecular weight is 404 g/mol. The second-order valence-corrected chi connectivity index (χ2v) is 8.61. The first-order valence-corrected chi connectivity index (χ1v) is 10.8. The molecular weight excluding hydrogens is 380 g/mol. The van der Waals surface area contributed by atoms with Gasteiger partial charge in [-0.05, 0) is 24.1 Å². The summed E-state index contributed by atoms with van der Waals surface area (Å²) in [6.07, 6.45) is 1.06. The van der Waals surface area contributed by atoms with E-state index in [0.717, 1.165) is 11.8 Å². The van der Waals surface area contributed by atoms with Gasteiger partial charge in [0.1, 0.15) is 21.6 Å². The quantitative estimate of drug-likeness (QED) is 0.660. The van der Waals surface area contributed by atoms with Crippen LogP contribution < -0.4 is 15.4 Å². The maximum atomic E-state index is 12.6. The minimum absolute atomic E-state index is 0.0274. The second kappa shape index (κ2) is 9.89. The van der Waals surface area contributed by atoms with Crippen LogP contribution >= 0.6 is 0 Å². The van der Waals surface area contributed by atoms with Crippen molar-refractivity contribution < 1.29 is 22.7 Å². The zero-order chi connectivity index (χ0) is 20.6. The molecule has 0 spiro atoms. The molecule has 150 valence electrons. The van der Waals surface area contributed by atoms with Crippen molar-refractivity contribution in [1.29, 1.82) is 0 Å². The Morgan fingerprint density at radius 1 is 1.04 bits per heavy atom. The third-order valence-electron chi connectivity index (χ3n) is 4.06. The van der Waals surface area contributed by atoms with Gasteiger partial charge in [-0.15, -0.1) is 0 Å². The highest BCUT2D eigenvalue weighted by molar-refractivity contribution is 7.90. The summed E-state index contributed by atoms with van der Waals surface area (Å²) in [5, 5.41) is 5.36. The van der Waals surface area contributed by atoms with Gasteiger partial charge in [0.25, 0.3) is 5.91 Å². The largest absolute Gasteiger partial charge is 0.496 e. The summed E-state index contributed by atoms with van der Waals surface area (Å²) >= 11 is 0. The molecule has 2 aromatic rings. The van der Waals surface area contributed by atoms with Crippen molar-refractivity contribution in [1.82, 2.24) is 10.6 Å². The first-order valence-electron chi connectivity index (χ1n) is 8.73. The lowest BCUT2D eigenvalue weighted by Gasteiger charge is -2.19. The highest BCUT2D eigenvalue weighted by atomic mass is 32.2. The van der Waals surface area contributed by atoms with E-state index in [1.165, 1.54) is 7.11 Å². The highest BCUT2D eigenvalue weighted by Crippen LogP contribution is 2.17. The minimum atomic E-state index is -3.29. The number of carbonyl (C=O) groups excluding carboxylic acids is 2. The Bertz CT molecular complexity index is 913. The number of rotatable bonds is 9. The lowest BCUT2D eigenvalue weighted by atomic mass is 10.1. The van der Waals surface area contributed by atoms with E-state index in [2.05, 4.69) is 10.6 Å². The number of amides is 2. The Morgan fingerprint density at radius 3 is 2.32 bits per heavy atom. The molecule has 0 aliphatic heterocycles. The van der Waals surface area contributed by atoms with E-state index >= 15 is 0 Å². The standard InChI is InChI=1S/C20H24N2O5S/c1-27-18-11-7-6-10-16(18)19(23)22-17(12-13-28(2,25)26)20(24)21-14-15-8-4-3-5-9-15/h3-11,17H,12-14H2,1-2H3,(H,21,24)(H,22,23)/t17-/m0/s1. The molecule has 2 amide bonds. The Labute approximate surface area is 165 Å². The van der Waals surface area contributed by atoms with Gasteiger partial charge in [-0.2, -0.15) is 0 Å². The first kappa shape index (κ1) is 21.4. The van der Waals surface area contributed by atoms with Gasteiger partial charge in [-0.25, -0.2) is 8.42 Å². The fourth-order valence-corrected chi connectivity index (χ4v) is 3.24. The normalized spacial score (nSPS) is 12.1. The molecule has 0 heterocycles. The number of hydrogen-bond acceptors (Lipinski definition) is 5. The fraction of sp³-hybridized carbons (Fsp3) is 0.300. The van der Waals surface area contributed by atoms with Crippen LogP contribution in [0.25, 0.3) is 0 Å². The Balaban J connectivity index is 2.11. The van der Waals surface area contributed by atoms with Crippen LogP contribution in [0.5, 0.6) is 5.75 Å². The minimum Gasteiger partial charge on any atom is -0.496 e. The maximum Gasteiger partial charge on any atom is 0.255 e. The monoisotopic (exact) mass is 404 g/mol. The summed E-state index contributed by atoms with van der Waals surface area (Å²) in [7, 11) is -1.84. The van der Waals surface area contributed by atoms with E-state index in [9.17, 15) is 18.0 Å². The molecule has 0 aromatic heterocycles. The zero-order valence-electron chi connectivity index (χ0n) is 15.8. The van der Waals surface area contributed by atoms with Crippen LogP contribution in [0.15, 0.2) is 54.6 Å². The summed E-state index contributed by atoms with van der Waals surface area (Å²) in [6, 6.07) is 14.9. The molecule has 1 atom stereocenters. The van der Waals surface area contributed by atoms with E-state index in [-0.39, 0.29) is 24.3 Å². The number of ether oxygens (including phenoxy) is 1. The molecule has 0 saturated heterocycles. The first-order chi connectivity index (χ1) is 13.3. The van der Waals surface area contributed by atoms with Crippen molar-refractivity contribution in [2.75, 3.05) is 19.1 Å². The summed E-state index contributed by atoms with van der Waals surface area (Å²) < 4.78 is 28.2. The lowest BCUT2D eigenvalue weighted by Crippen LogP contribution is -2.47. The van der Waals surface area contributed by atoms with Crippen LogP contribution in [0, 0.1) is 0 Å². The van der Waals surface area contributed by atoms with Crippen molar-refractivity contribution in [2.45, 2.75) is 19.0 Å². The van der Waals surface area contributed by atoms with Gasteiger partial charge in [0, 0.05) is 12.8 Å². The summed E-state index contributed by atoms with van der Waals surface area (Å²) in [6.45, 7) is 0.277. The molecule has 0 unspecified atom stereocenters. The number of methoxy groups -OCH3 is 1. The average Bonchev–Trinajstić information content (AvgIpc) is 2.69. The van der Waals surface area contributed by atoms with Gasteiger partial charge >= 0.3 is 0 Å². The van der Waals surface area contributed by atoms with E-state index in [4.69, 9.17) is 4.74 Å². The van der Waals surface area contributed by atoms with Crippen LogP contribution in [-0.2, 0) is 21.2 Å². The van der Waals surface area contributed by atoms with Gasteiger partial charge in [-0.1, -0.05) is 42.5 Å². The summed E-state index contributed by atoms with van der Waals surface area (Å²) in [5.41, 5.74) is 1.17. The molecule has 0 aliphatic rings. The van der Waals surface area contributed by atoms with Gasteiger partial charge in [0.2, 0.25) is 5.91 Å². The number of carbonyl (C=O) groups is 2. The predicted octanol–water partition coefficient (Wildman–Crippen LogP) is 1.54. The maximum absolute atomic E-state index is 12.6. The number of hydrogen-bond donors (Lipinski definition) is 2. The molecule has 8 heteroatoms. The third kappa shape index (κ3) is 6.70. The van der Waals surface area contributed by atoms with Crippen molar-refractivity contribution >= 4 is 21.7 Å². The molecule has 28 heavy (non-hydrogen) atoms. The molecule has 0 fully saturated rings. The summed E-state index contributed by atoms with van der Waals surface area (Å²) in [5.74, 6) is -0.809. The summed E-state index contributed by atoms with van der Waals surface area (Å²) in [4.78, 5) is 25.2.